The number of carbonyl (C=O) groups is 8. The number of ether oxygens (including phenoxy) is 9. The van der Waals surface area contributed by atoms with E-state index >= 15 is 0 Å². The normalized spacial score (nSPS) is 38.2. The molecule has 1 aromatic heterocycles. The van der Waals surface area contributed by atoms with E-state index in [1.807, 2.05) is 0 Å². The number of nitrogens with zero attached hydrogens (tertiary/aromatic N) is 1. The predicted molar refractivity (Wildman–Crippen MR) is 185 cm³/mol. The van der Waals surface area contributed by atoms with E-state index in [1.165, 1.54) is 32.3 Å². The molecule has 2 saturated carbocycles. The summed E-state index contributed by atoms with van der Waals surface area (Å²) < 4.78 is 54.3. The van der Waals surface area contributed by atoms with E-state index in [2.05, 4.69) is 4.98 Å². The SMILES string of the molecule is CC(=O)OC[C@@]12[C@H](OC(C)=O)[C@@H](OC(C)=O)[C@@H]3OC(=O)[C@@H](C)[C@@H](C)c4ccncc4C(=O)OC[C@]4(C)O[C@@]1([C@H](OC(C)=O)[C@H]4[C@@H](OC(C)=O)[C@@H]2OC(C)=O)[C@@]3(C)O. The molecule has 1 aromatic rings. The molecule has 19 nitrogen and oxygen atoms in total. The van der Waals surface area contributed by atoms with Crippen molar-refractivity contribution in [1.82, 2.24) is 4.98 Å². The van der Waals surface area contributed by atoms with Crippen molar-refractivity contribution < 1.29 is 86.1 Å². The molecule has 2 aliphatic heterocycles. The minimum atomic E-state index is -2.81. The van der Waals surface area contributed by atoms with E-state index < -0.39 is 138 Å². The zero-order valence-corrected chi connectivity index (χ0v) is 33.2. The Bertz CT molecular complexity index is 1860. The maximum absolute atomic E-state index is 14.4. The van der Waals surface area contributed by atoms with Crippen LogP contribution in [-0.2, 0) is 76.2 Å². The summed E-state index contributed by atoms with van der Waals surface area (Å²) in [6.45, 7) is 9.73. The Morgan fingerprint density at radius 2 is 1.30 bits per heavy atom. The lowest BCUT2D eigenvalue weighted by Gasteiger charge is -2.67. The third-order valence-corrected chi connectivity index (χ3v) is 11.5. The number of carbonyl (C=O) groups excluding carboxylic acids is 8. The average Bonchev–Trinajstić information content (AvgIpc) is 3.32. The van der Waals surface area contributed by atoms with E-state index in [0.717, 1.165) is 48.5 Å². The molecule has 0 unspecified atom stereocenters. The number of pyridine rings is 1. The highest BCUT2D eigenvalue weighted by Gasteiger charge is 2.92. The van der Waals surface area contributed by atoms with Gasteiger partial charge in [-0.3, -0.25) is 38.5 Å². The highest BCUT2D eigenvalue weighted by molar-refractivity contribution is 5.91. The van der Waals surface area contributed by atoms with Gasteiger partial charge in [-0.15, -0.1) is 0 Å². The smallest absolute Gasteiger partial charge is 0.340 e. The first kappa shape index (κ1) is 43.0. The van der Waals surface area contributed by atoms with E-state index in [-0.39, 0.29) is 5.56 Å². The average molecular weight is 806 g/mol. The molecule has 4 aliphatic rings. The lowest BCUT2D eigenvalue weighted by molar-refractivity contribution is -0.387. The van der Waals surface area contributed by atoms with E-state index in [9.17, 15) is 43.5 Å². The molecule has 13 atom stereocenters. The first-order valence-electron chi connectivity index (χ1n) is 18.2. The Morgan fingerprint density at radius 3 is 1.84 bits per heavy atom. The fourth-order valence-electron chi connectivity index (χ4n) is 9.30. The Labute approximate surface area is 327 Å². The van der Waals surface area contributed by atoms with Gasteiger partial charge in [0.25, 0.3) is 0 Å². The van der Waals surface area contributed by atoms with Gasteiger partial charge in [0.15, 0.2) is 30.0 Å². The van der Waals surface area contributed by atoms with Gasteiger partial charge in [-0.25, -0.2) is 4.79 Å². The summed E-state index contributed by atoms with van der Waals surface area (Å²) in [5.41, 5.74) is -9.91. The van der Waals surface area contributed by atoms with Crippen LogP contribution in [0, 0.1) is 17.3 Å². The predicted octanol–water partition coefficient (Wildman–Crippen LogP) is 1.03. The largest absolute Gasteiger partial charge is 0.465 e. The summed E-state index contributed by atoms with van der Waals surface area (Å²) in [6.07, 6.45) is -9.28. The lowest BCUT2D eigenvalue weighted by Crippen LogP contribution is -2.89. The minimum Gasteiger partial charge on any atom is -0.465 e. The van der Waals surface area contributed by atoms with E-state index in [0.29, 0.717) is 5.56 Å². The zero-order valence-electron chi connectivity index (χ0n) is 33.2. The number of rotatable bonds is 7. The summed E-state index contributed by atoms with van der Waals surface area (Å²) in [4.78, 5) is 111. The zero-order chi connectivity index (χ0) is 42.6. The number of fused-ring (bicyclic) bond motifs is 5. The van der Waals surface area contributed by atoms with Crippen molar-refractivity contribution in [3.8, 4) is 0 Å². The number of aliphatic hydroxyl groups is 1. The summed E-state index contributed by atoms with van der Waals surface area (Å²) in [6, 6.07) is 1.50. The molecule has 312 valence electrons. The van der Waals surface area contributed by atoms with Gasteiger partial charge in [0.1, 0.15) is 42.0 Å². The van der Waals surface area contributed by atoms with Gasteiger partial charge >= 0.3 is 47.8 Å². The number of aromatic nitrogens is 1. The van der Waals surface area contributed by atoms with Crippen molar-refractivity contribution in [2.24, 2.45) is 17.3 Å². The van der Waals surface area contributed by atoms with Gasteiger partial charge in [0.2, 0.25) is 0 Å². The third-order valence-electron chi connectivity index (χ3n) is 11.5. The number of esters is 8. The first-order chi connectivity index (χ1) is 26.5. The molecule has 57 heavy (non-hydrogen) atoms. The van der Waals surface area contributed by atoms with Gasteiger partial charge < -0.3 is 47.7 Å². The molecule has 3 fully saturated rings. The lowest BCUT2D eigenvalue weighted by atomic mass is 9.45. The van der Waals surface area contributed by atoms with Crippen molar-refractivity contribution in [3.05, 3.63) is 29.6 Å². The van der Waals surface area contributed by atoms with Crippen LogP contribution in [0.1, 0.15) is 91.1 Å². The standard InChI is InChI=1S/C38H47NO18/c1-16-17(2)33(46)56-30-28(52-20(5)42)32(55-23(8)45)37(15-49-18(3)40)31(54-22(7)44)27(51-19(4)41)26-29(53-21(6)43)38(37,36(30,10)48)57-35(26,9)14-50-34(47)25-13-39-12-11-24(16)25/h11-13,16-17,26-32,48H,14-15H2,1-10H3/t16-,17+,26-,27-,28+,29-,30+,31+,32-,35+,36+,37-,38+/m1/s1. The Morgan fingerprint density at radius 1 is 0.772 bits per heavy atom. The van der Waals surface area contributed by atoms with Crippen molar-refractivity contribution in [3.63, 3.8) is 0 Å². The second-order valence-corrected chi connectivity index (χ2v) is 15.4. The van der Waals surface area contributed by atoms with Crippen molar-refractivity contribution in [2.75, 3.05) is 13.2 Å². The van der Waals surface area contributed by atoms with Crippen LogP contribution in [0.3, 0.4) is 0 Å². The highest BCUT2D eigenvalue weighted by atomic mass is 16.7. The summed E-state index contributed by atoms with van der Waals surface area (Å²) in [7, 11) is 0. The van der Waals surface area contributed by atoms with E-state index in [1.54, 1.807) is 6.92 Å². The van der Waals surface area contributed by atoms with Gasteiger partial charge in [0.05, 0.1) is 17.4 Å². The molecule has 0 radical (unpaired) electrons. The summed E-state index contributed by atoms with van der Waals surface area (Å²) >= 11 is 0. The maximum Gasteiger partial charge on any atom is 0.340 e. The van der Waals surface area contributed by atoms with E-state index in [4.69, 9.17) is 42.6 Å². The van der Waals surface area contributed by atoms with Crippen LogP contribution in [0.2, 0.25) is 0 Å². The molecule has 1 spiro atoms. The van der Waals surface area contributed by atoms with Gasteiger partial charge in [-0.1, -0.05) is 13.8 Å². The monoisotopic (exact) mass is 805 g/mol. The molecule has 0 amide bonds. The van der Waals surface area contributed by atoms with Crippen LogP contribution < -0.4 is 0 Å². The Balaban J connectivity index is 2.01. The second-order valence-electron chi connectivity index (χ2n) is 15.4. The van der Waals surface area contributed by atoms with Crippen LogP contribution in [0.4, 0.5) is 0 Å². The second kappa shape index (κ2) is 15.3. The number of cyclic esters (lactones) is 1. The van der Waals surface area contributed by atoms with Crippen molar-refractivity contribution >= 4 is 47.8 Å². The minimum absolute atomic E-state index is 0.0422. The summed E-state index contributed by atoms with van der Waals surface area (Å²) in [5, 5.41) is 13.4. The van der Waals surface area contributed by atoms with Crippen LogP contribution in [0.5, 0.6) is 0 Å². The fourth-order valence-corrected chi connectivity index (χ4v) is 9.30. The molecule has 2 aliphatic carbocycles. The molecule has 1 saturated heterocycles. The van der Waals surface area contributed by atoms with Crippen LogP contribution in [0.25, 0.3) is 0 Å². The van der Waals surface area contributed by atoms with Crippen molar-refractivity contribution in [1.29, 1.82) is 0 Å². The van der Waals surface area contributed by atoms with Crippen molar-refractivity contribution in [2.45, 2.75) is 129 Å². The molecule has 3 heterocycles. The molecule has 19 heteroatoms. The highest BCUT2D eigenvalue weighted by Crippen LogP contribution is 2.70. The van der Waals surface area contributed by atoms with Crippen LogP contribution >= 0.6 is 0 Å². The first-order valence-corrected chi connectivity index (χ1v) is 18.2. The molecular formula is C38H47NO18. The summed E-state index contributed by atoms with van der Waals surface area (Å²) in [5.74, 6) is -11.5. The van der Waals surface area contributed by atoms with Crippen LogP contribution in [0.15, 0.2) is 18.5 Å². The van der Waals surface area contributed by atoms with Gasteiger partial charge in [-0.2, -0.15) is 0 Å². The Hall–Kier alpha value is -5.17. The molecule has 4 bridgehead atoms. The topological polar surface area (TPSA) is 253 Å². The fraction of sp³-hybridized carbons (Fsp3) is 0.658. The quantitative estimate of drug-likeness (QED) is 0.298. The molecular weight excluding hydrogens is 758 g/mol. The van der Waals surface area contributed by atoms with Gasteiger partial charge in [-0.05, 0) is 31.4 Å². The number of hydrogen-bond acceptors (Lipinski definition) is 19. The third kappa shape index (κ3) is 6.97. The maximum atomic E-state index is 14.4. The molecule has 1 N–H and O–H groups in total. The molecule has 0 aromatic carbocycles. The van der Waals surface area contributed by atoms with Gasteiger partial charge in [0, 0.05) is 53.9 Å². The number of hydrogen-bond donors (Lipinski definition) is 1. The Kier molecular flexibility index (Phi) is 11.5. The van der Waals surface area contributed by atoms with Crippen LogP contribution in [-0.4, -0.2) is 124 Å². The molecule has 5 rings (SSSR count).